The molecule has 1 unspecified atom stereocenters. The van der Waals surface area contributed by atoms with Crippen molar-refractivity contribution in [3.63, 3.8) is 0 Å². The predicted octanol–water partition coefficient (Wildman–Crippen LogP) is 2.06. The third kappa shape index (κ3) is 3.04. The van der Waals surface area contributed by atoms with Crippen LogP contribution in [0.2, 0.25) is 0 Å². The number of nitrogens with zero attached hydrogens (tertiary/aromatic N) is 5. The van der Waals surface area contributed by atoms with E-state index in [0.29, 0.717) is 18.4 Å². The first-order chi connectivity index (χ1) is 13.3. The standard InChI is InChI=1S/C19H18N8/c20-10-15-11-21-19-17(23-13-4-5-13)9-18(26-27(15)19)24-14-3-1-2-12(8-14)16-6-7-22-25-16/h1-3,6-9,13,15,23H,4-5,11H2,(H,22,25)(H,24,26). The van der Waals surface area contributed by atoms with Gasteiger partial charge in [-0.05, 0) is 31.0 Å². The van der Waals surface area contributed by atoms with Crippen LogP contribution < -0.4 is 10.6 Å². The fourth-order valence-electron chi connectivity index (χ4n) is 3.18. The van der Waals surface area contributed by atoms with Crippen LogP contribution in [-0.2, 0) is 0 Å². The molecule has 134 valence electrons. The average Bonchev–Trinajstić information content (AvgIpc) is 3.18. The number of nitriles is 1. The lowest BCUT2D eigenvalue weighted by Gasteiger charge is -2.26. The normalized spacial score (nSPS) is 20.9. The molecule has 3 N–H and O–H groups in total. The minimum Gasteiger partial charge on any atom is -0.379 e. The predicted molar refractivity (Wildman–Crippen MR) is 103 cm³/mol. The topological polar surface area (TPSA) is 104 Å². The van der Waals surface area contributed by atoms with Crippen molar-refractivity contribution >= 4 is 17.4 Å². The van der Waals surface area contributed by atoms with Crippen molar-refractivity contribution < 1.29 is 0 Å². The van der Waals surface area contributed by atoms with Crippen LogP contribution in [0.15, 0.2) is 58.4 Å². The smallest absolute Gasteiger partial charge is 0.169 e. The van der Waals surface area contributed by atoms with Gasteiger partial charge in [-0.2, -0.15) is 15.5 Å². The summed E-state index contributed by atoms with van der Waals surface area (Å²) in [6.45, 7) is 0.446. The molecular weight excluding hydrogens is 340 g/mol. The largest absolute Gasteiger partial charge is 0.379 e. The van der Waals surface area contributed by atoms with Gasteiger partial charge in [0.1, 0.15) is 0 Å². The summed E-state index contributed by atoms with van der Waals surface area (Å²) in [5, 5.41) is 29.6. The summed E-state index contributed by atoms with van der Waals surface area (Å²) in [5.74, 6) is 1.44. The number of anilines is 1. The van der Waals surface area contributed by atoms with E-state index >= 15 is 0 Å². The van der Waals surface area contributed by atoms with Crippen molar-refractivity contribution in [2.45, 2.75) is 24.9 Å². The molecule has 3 aliphatic rings. The zero-order valence-electron chi connectivity index (χ0n) is 14.6. The van der Waals surface area contributed by atoms with E-state index < -0.39 is 0 Å². The molecule has 1 fully saturated rings. The maximum absolute atomic E-state index is 9.40. The maximum Gasteiger partial charge on any atom is 0.169 e. The molecule has 8 heteroatoms. The van der Waals surface area contributed by atoms with E-state index in [1.807, 2.05) is 36.4 Å². The number of benzene rings is 1. The molecule has 0 saturated heterocycles. The number of rotatable bonds is 4. The minimum absolute atomic E-state index is 0.363. The molecule has 27 heavy (non-hydrogen) atoms. The Balaban J connectivity index is 1.43. The van der Waals surface area contributed by atoms with Gasteiger partial charge in [-0.15, -0.1) is 0 Å². The fourth-order valence-corrected chi connectivity index (χ4v) is 3.18. The lowest BCUT2D eigenvalue weighted by atomic mass is 10.1. The van der Waals surface area contributed by atoms with Gasteiger partial charge in [-0.3, -0.25) is 10.1 Å². The van der Waals surface area contributed by atoms with Gasteiger partial charge in [0.2, 0.25) is 0 Å². The van der Waals surface area contributed by atoms with Crippen LogP contribution in [0.5, 0.6) is 0 Å². The number of aromatic nitrogens is 2. The number of nitrogens with one attached hydrogen (secondary N) is 3. The van der Waals surface area contributed by atoms with Gasteiger partial charge in [-0.1, -0.05) is 12.1 Å². The van der Waals surface area contributed by atoms with Gasteiger partial charge in [0.15, 0.2) is 17.7 Å². The van der Waals surface area contributed by atoms with Gasteiger partial charge < -0.3 is 10.6 Å². The summed E-state index contributed by atoms with van der Waals surface area (Å²) in [6.07, 6.45) is 6.03. The van der Waals surface area contributed by atoms with Crippen LogP contribution in [-0.4, -0.2) is 45.5 Å². The molecule has 0 amide bonds. The molecule has 1 aromatic carbocycles. The van der Waals surface area contributed by atoms with E-state index in [1.165, 1.54) is 12.8 Å². The first-order valence-electron chi connectivity index (χ1n) is 8.97. The van der Waals surface area contributed by atoms with Crippen LogP contribution in [0.25, 0.3) is 11.3 Å². The average molecular weight is 358 g/mol. The minimum atomic E-state index is -0.363. The number of hydrogen-bond acceptors (Lipinski definition) is 7. The molecule has 0 radical (unpaired) electrons. The Morgan fingerprint density at radius 1 is 1.26 bits per heavy atom. The van der Waals surface area contributed by atoms with Gasteiger partial charge in [-0.25, -0.2) is 5.01 Å². The van der Waals surface area contributed by atoms with Crippen LogP contribution in [0.4, 0.5) is 5.69 Å². The number of fused-ring (bicyclic) bond motifs is 1. The Hall–Kier alpha value is -3.60. The number of aliphatic imine (C=N–C) groups is 1. The molecule has 8 nitrogen and oxygen atoms in total. The van der Waals surface area contributed by atoms with Gasteiger partial charge in [0.25, 0.3) is 0 Å². The molecule has 2 aliphatic heterocycles. The second kappa shape index (κ2) is 6.29. The number of hydrazone groups is 1. The zero-order chi connectivity index (χ0) is 18.2. The zero-order valence-corrected chi connectivity index (χ0v) is 14.6. The highest BCUT2D eigenvalue weighted by atomic mass is 15.5. The van der Waals surface area contributed by atoms with Crippen LogP contribution in [0.1, 0.15) is 12.8 Å². The molecule has 3 heterocycles. The quantitative estimate of drug-likeness (QED) is 0.776. The highest BCUT2D eigenvalue weighted by Gasteiger charge is 2.35. The monoisotopic (exact) mass is 358 g/mol. The fraction of sp³-hybridized carbons (Fsp3) is 0.263. The van der Waals surface area contributed by atoms with Crippen molar-refractivity contribution in [2.75, 3.05) is 11.9 Å². The second-order valence-electron chi connectivity index (χ2n) is 6.79. The van der Waals surface area contributed by atoms with Gasteiger partial charge in [0.05, 0.1) is 24.0 Å². The molecule has 2 aromatic rings. The van der Waals surface area contributed by atoms with E-state index in [4.69, 9.17) is 0 Å². The Labute approximate surface area is 156 Å². The molecular formula is C19H18N8. The summed E-state index contributed by atoms with van der Waals surface area (Å²) in [4.78, 5) is 4.50. The lowest BCUT2D eigenvalue weighted by Crippen LogP contribution is -2.40. The van der Waals surface area contributed by atoms with Crippen molar-refractivity contribution in [1.82, 2.24) is 20.5 Å². The van der Waals surface area contributed by atoms with Crippen LogP contribution in [0, 0.1) is 11.3 Å². The van der Waals surface area contributed by atoms with E-state index in [0.717, 1.165) is 28.5 Å². The van der Waals surface area contributed by atoms with Gasteiger partial charge >= 0.3 is 0 Å². The molecule has 0 spiro atoms. The molecule has 1 aromatic heterocycles. The number of aromatic amines is 1. The van der Waals surface area contributed by atoms with Gasteiger partial charge in [0, 0.05) is 29.6 Å². The van der Waals surface area contributed by atoms with Crippen molar-refractivity contribution in [3.05, 3.63) is 48.3 Å². The second-order valence-corrected chi connectivity index (χ2v) is 6.79. The van der Waals surface area contributed by atoms with E-state index in [-0.39, 0.29) is 6.04 Å². The van der Waals surface area contributed by atoms with Crippen molar-refractivity contribution in [2.24, 2.45) is 10.1 Å². The SMILES string of the molecule is N#CC1CN=C2C(NC3CC3)=CC(Nc3cccc(-c4ccn[nH]4)c3)=NN21. The number of amidine groups is 2. The molecule has 1 saturated carbocycles. The summed E-state index contributed by atoms with van der Waals surface area (Å²) in [5.41, 5.74) is 3.83. The Morgan fingerprint density at radius 2 is 2.19 bits per heavy atom. The van der Waals surface area contributed by atoms with Crippen LogP contribution in [0.3, 0.4) is 0 Å². The number of hydrogen-bond donors (Lipinski definition) is 3. The third-order valence-electron chi connectivity index (χ3n) is 4.70. The van der Waals surface area contributed by atoms with Crippen molar-refractivity contribution in [3.8, 4) is 17.3 Å². The van der Waals surface area contributed by atoms with E-state index in [9.17, 15) is 5.26 Å². The van der Waals surface area contributed by atoms with E-state index in [1.54, 1.807) is 11.2 Å². The summed E-state index contributed by atoms with van der Waals surface area (Å²) in [6, 6.07) is 12.4. The Kier molecular flexibility index (Phi) is 3.64. The lowest BCUT2D eigenvalue weighted by molar-refractivity contribution is 0.417. The first kappa shape index (κ1) is 15.6. The first-order valence-corrected chi connectivity index (χ1v) is 8.97. The van der Waals surface area contributed by atoms with Crippen LogP contribution >= 0.6 is 0 Å². The van der Waals surface area contributed by atoms with E-state index in [2.05, 4.69) is 37.0 Å². The third-order valence-corrected chi connectivity index (χ3v) is 4.70. The molecule has 1 atom stereocenters. The maximum atomic E-state index is 9.40. The molecule has 5 rings (SSSR count). The summed E-state index contributed by atoms with van der Waals surface area (Å²) in [7, 11) is 0. The highest BCUT2D eigenvalue weighted by molar-refractivity contribution is 6.13. The highest BCUT2D eigenvalue weighted by Crippen LogP contribution is 2.26. The molecule has 1 aliphatic carbocycles. The number of H-pyrrole nitrogens is 1. The summed E-state index contributed by atoms with van der Waals surface area (Å²) < 4.78 is 0. The van der Waals surface area contributed by atoms with Crippen molar-refractivity contribution in [1.29, 1.82) is 5.26 Å². The summed E-state index contributed by atoms with van der Waals surface area (Å²) >= 11 is 0. The molecule has 0 bridgehead atoms. The Morgan fingerprint density at radius 3 is 2.96 bits per heavy atom. The Bertz CT molecular complexity index is 991.